The average Bonchev–Trinajstić information content (AvgIpc) is 3.56. The van der Waals surface area contributed by atoms with Gasteiger partial charge in [0.05, 0.1) is 24.4 Å². The van der Waals surface area contributed by atoms with Gasteiger partial charge in [-0.2, -0.15) is 0 Å². The molecule has 7 N–H and O–H groups in total. The number of aliphatic hydroxyl groups is 6. The number of carbonyl (C=O) groups is 4. The van der Waals surface area contributed by atoms with Crippen molar-refractivity contribution in [3.05, 3.63) is 23.3 Å². The van der Waals surface area contributed by atoms with Gasteiger partial charge in [-0.25, -0.2) is 4.57 Å². The molecule has 320 valence electrons. The molecule has 0 heterocycles. The molecule has 16 atom stereocenters. The second-order valence-corrected chi connectivity index (χ2v) is 21.3. The molecular weight excluding hydrogens is 805 g/mol. The molecule has 0 amide bonds. The molecule has 8 aliphatic carbocycles. The van der Waals surface area contributed by atoms with Gasteiger partial charge >= 0.3 is 66.9 Å². The molecule has 17 heteroatoms. The molecule has 8 aliphatic rings. The molecule has 0 spiro atoms. The van der Waals surface area contributed by atoms with Gasteiger partial charge in [-0.1, -0.05) is 38.8 Å². The van der Waals surface area contributed by atoms with E-state index in [1.165, 1.54) is 12.2 Å². The quantitative estimate of drug-likeness (QED) is 0.135. The van der Waals surface area contributed by atoms with Crippen molar-refractivity contribution in [2.24, 2.45) is 57.2 Å². The normalized spacial score (nSPS) is 49.5. The van der Waals surface area contributed by atoms with Crippen LogP contribution in [0.2, 0.25) is 0 Å². The van der Waals surface area contributed by atoms with Gasteiger partial charge < -0.3 is 35.5 Å². The second-order valence-electron chi connectivity index (χ2n) is 19.9. The summed E-state index contributed by atoms with van der Waals surface area (Å²) < 4.78 is 26.7. The summed E-state index contributed by atoms with van der Waals surface area (Å²) >= 11 is 0. The Morgan fingerprint density at radius 3 is 1.39 bits per heavy atom. The molecule has 2 unspecified atom stereocenters. The number of Topliss-reactive ketones (excluding diaryl/α,β-unsaturated/α-hetero) is 2. The first-order valence-corrected chi connectivity index (χ1v) is 22.3. The summed E-state index contributed by atoms with van der Waals surface area (Å²) in [6, 6.07) is 0. The number of phosphoric acid groups is 1. The van der Waals surface area contributed by atoms with E-state index in [0.29, 0.717) is 49.7 Å². The van der Waals surface area contributed by atoms with E-state index in [0.717, 1.165) is 0 Å². The molecule has 59 heavy (non-hydrogen) atoms. The van der Waals surface area contributed by atoms with Crippen LogP contribution in [-0.4, -0.2) is 167 Å². The van der Waals surface area contributed by atoms with Gasteiger partial charge in [0.1, 0.15) is 24.4 Å². The number of phosphoric ester groups is 1. The molecule has 0 aromatic heterocycles. The third kappa shape index (κ3) is 6.77. The van der Waals surface area contributed by atoms with Crippen molar-refractivity contribution in [2.75, 3.05) is 13.2 Å². The van der Waals surface area contributed by atoms with E-state index in [9.17, 15) is 59.3 Å². The van der Waals surface area contributed by atoms with E-state index in [4.69, 9.17) is 9.05 Å². The predicted molar refractivity (Wildman–Crippen MR) is 215 cm³/mol. The molecule has 0 saturated heterocycles. The molecule has 6 saturated carbocycles. The van der Waals surface area contributed by atoms with Crippen LogP contribution in [0, 0.1) is 57.2 Å². The van der Waals surface area contributed by atoms with Crippen molar-refractivity contribution in [1.29, 1.82) is 0 Å². The fraction of sp³-hybridized carbons (Fsp3) is 0.810. The topological polar surface area (TPSA) is 245 Å². The minimum atomic E-state index is -5.12. The Labute approximate surface area is 389 Å². The Hall–Kier alpha value is 0.0300. The number of fused-ring (bicyclic) bond motifs is 10. The van der Waals surface area contributed by atoms with Crippen LogP contribution < -0.4 is 0 Å². The maximum absolute atomic E-state index is 14.5. The molecule has 0 aromatic carbocycles. The maximum atomic E-state index is 14.5. The van der Waals surface area contributed by atoms with Crippen molar-refractivity contribution in [3.8, 4) is 0 Å². The molecule has 14 nitrogen and oxygen atoms in total. The zero-order chi connectivity index (χ0) is 41.5. The molecule has 8 rings (SSSR count). The van der Waals surface area contributed by atoms with Crippen molar-refractivity contribution in [2.45, 2.75) is 140 Å². The number of hydrogen-bond donors (Lipinski definition) is 7. The third-order valence-corrected chi connectivity index (χ3v) is 19.0. The number of carbonyl (C=O) groups excluding carboxylic acids is 4. The first-order valence-electron chi connectivity index (χ1n) is 20.8. The number of rotatable bonds is 8. The Morgan fingerprint density at radius 1 is 0.695 bits per heavy atom. The van der Waals surface area contributed by atoms with E-state index in [1.807, 2.05) is 13.8 Å². The van der Waals surface area contributed by atoms with E-state index >= 15 is 0 Å². The van der Waals surface area contributed by atoms with Gasteiger partial charge in [0, 0.05) is 34.5 Å². The summed E-state index contributed by atoms with van der Waals surface area (Å²) in [6.07, 6.45) is 1.14. The van der Waals surface area contributed by atoms with Gasteiger partial charge in [-0.05, 0) is 112 Å². The van der Waals surface area contributed by atoms with Gasteiger partial charge in [0.25, 0.3) is 0 Å². The summed E-state index contributed by atoms with van der Waals surface area (Å²) in [6.45, 7) is 5.59. The van der Waals surface area contributed by atoms with Crippen molar-refractivity contribution in [3.63, 3.8) is 0 Å². The number of aliphatic hydroxyl groups excluding tert-OH is 4. The predicted octanol–water partition coefficient (Wildman–Crippen LogP) is 1.37. The zero-order valence-corrected chi connectivity index (χ0v) is 34.2. The van der Waals surface area contributed by atoms with Crippen LogP contribution in [0.15, 0.2) is 23.3 Å². The Balaban J connectivity index is 0.00000293. The van der Waals surface area contributed by atoms with Crippen LogP contribution in [0.3, 0.4) is 0 Å². The Kier molecular flexibility index (Phi) is 13.3. The fourth-order valence-electron chi connectivity index (χ4n) is 15.2. The Morgan fingerprint density at radius 2 is 1.05 bits per heavy atom. The minimum absolute atomic E-state index is 0. The van der Waals surface area contributed by atoms with Crippen LogP contribution in [0.25, 0.3) is 0 Å². The standard InChI is InChI=1S/C42H59O14P.2Na.2H/c1-37-17-29(47)35-25(27(37)9-11-41(37,51)31(49)19-43)7-5-21-13-23(45)15-33(39(21,35)3)55-57(53,54)56-34-16-24(46)14-22-6-8-26-28-10-12-42(52,32(50)20-44)38(28,2)18-30(48)36(26)40(22,34)4;;;;/h13-14,25-30,33-36,43-44,47-48,51-52H,5-12,15-20H2,1-4H3,(H,53,54);;;;/t25-,26-,27-,28-,29-,30-,33?,34?,35+,36+,37-,38-,39+,40+,41-,42-;;;;/m0..../s1. The van der Waals surface area contributed by atoms with Crippen molar-refractivity contribution in [1.82, 2.24) is 0 Å². The van der Waals surface area contributed by atoms with Crippen LogP contribution in [0.4, 0.5) is 0 Å². The van der Waals surface area contributed by atoms with E-state index in [1.54, 1.807) is 13.8 Å². The summed E-state index contributed by atoms with van der Waals surface area (Å²) in [7, 11) is -5.12. The van der Waals surface area contributed by atoms with E-state index in [2.05, 4.69) is 0 Å². The van der Waals surface area contributed by atoms with Crippen LogP contribution in [-0.2, 0) is 32.8 Å². The van der Waals surface area contributed by atoms with Gasteiger partial charge in [-0.3, -0.25) is 28.2 Å². The molecule has 6 fully saturated rings. The van der Waals surface area contributed by atoms with Gasteiger partial charge in [-0.15, -0.1) is 0 Å². The zero-order valence-electron chi connectivity index (χ0n) is 33.3. The van der Waals surface area contributed by atoms with Crippen LogP contribution >= 0.6 is 7.82 Å². The van der Waals surface area contributed by atoms with Crippen molar-refractivity contribution < 1.29 is 68.3 Å². The fourth-order valence-corrected chi connectivity index (χ4v) is 16.5. The number of ketones is 4. The first-order chi connectivity index (χ1) is 26.6. The molecule has 0 radical (unpaired) electrons. The summed E-state index contributed by atoms with van der Waals surface area (Å²) in [4.78, 5) is 64.1. The Bertz CT molecular complexity index is 1760. The summed E-state index contributed by atoms with van der Waals surface area (Å²) in [5.41, 5.74) is -6.58. The molecule has 0 aromatic rings. The first kappa shape index (κ1) is 48.5. The molecule has 0 bridgehead atoms. The van der Waals surface area contributed by atoms with Gasteiger partial charge in [0.2, 0.25) is 0 Å². The second kappa shape index (κ2) is 16.2. The molecular formula is C42H61Na2O14P. The average molecular weight is 867 g/mol. The molecule has 0 aliphatic heterocycles. The van der Waals surface area contributed by atoms with Crippen LogP contribution in [0.5, 0.6) is 0 Å². The summed E-state index contributed by atoms with van der Waals surface area (Å²) in [5.74, 6) is -4.08. The summed E-state index contributed by atoms with van der Waals surface area (Å²) in [5, 5.41) is 66.9. The van der Waals surface area contributed by atoms with E-state index in [-0.39, 0.29) is 133 Å². The van der Waals surface area contributed by atoms with Crippen LogP contribution in [0.1, 0.15) is 105 Å². The number of hydrogen-bond acceptors (Lipinski definition) is 13. The SMILES string of the molecule is C[C@]12C[C@H](O)[C@H]3[C@@H](CCC4=CC(=O)CC(OP(=O)(O)OC5CC(=O)C=C6CC[C@@H]7[C@H]([C@@H](O)C[C@@]8(C)[C@H]7CC[C@]8(O)C(=O)CO)[C@]65C)[C@@]43C)[C@@H]1CC[C@]2(O)C(=O)CO.[NaH].[NaH]. The van der Waals surface area contributed by atoms with Gasteiger partial charge in [0.15, 0.2) is 23.1 Å². The third-order valence-electron chi connectivity index (χ3n) is 18.0. The van der Waals surface area contributed by atoms with E-state index < -0.39 is 102 Å². The monoisotopic (exact) mass is 866 g/mol. The van der Waals surface area contributed by atoms with Crippen molar-refractivity contribution >= 4 is 90.1 Å².